The lowest BCUT2D eigenvalue weighted by Gasteiger charge is -2.16. The van der Waals surface area contributed by atoms with Crippen LogP contribution in [0.25, 0.3) is 0 Å². The molecule has 0 heterocycles. The molecule has 1 rings (SSSR count). The van der Waals surface area contributed by atoms with Crippen LogP contribution < -0.4 is 16.0 Å². The first-order chi connectivity index (χ1) is 8.65. The Morgan fingerprint density at radius 2 is 1.94 bits per heavy atom. The van der Waals surface area contributed by atoms with Gasteiger partial charge < -0.3 is 4.74 Å². The van der Waals surface area contributed by atoms with E-state index in [2.05, 4.69) is 31.4 Å². The molecule has 0 bridgehead atoms. The van der Waals surface area contributed by atoms with Crippen LogP contribution in [0.2, 0.25) is 0 Å². The van der Waals surface area contributed by atoms with Crippen molar-refractivity contribution in [3.8, 4) is 5.75 Å². The summed E-state index contributed by atoms with van der Waals surface area (Å²) in [6.45, 7) is 4.42. The molecule has 0 saturated carbocycles. The number of hydrazine groups is 1. The van der Waals surface area contributed by atoms with Gasteiger partial charge in [-0.25, -0.2) is 0 Å². The Labute approximate surface area is 114 Å². The van der Waals surface area contributed by atoms with Crippen molar-refractivity contribution in [3.63, 3.8) is 0 Å². The molecule has 3 nitrogen and oxygen atoms in total. The van der Waals surface area contributed by atoms with Crippen molar-refractivity contribution in [1.82, 2.24) is 5.43 Å². The van der Waals surface area contributed by atoms with Gasteiger partial charge in [0.05, 0.1) is 7.11 Å². The van der Waals surface area contributed by atoms with E-state index < -0.39 is 0 Å². The number of thioether (sulfide) groups is 1. The average Bonchev–Trinajstić information content (AvgIpc) is 2.39. The van der Waals surface area contributed by atoms with E-state index in [1.54, 1.807) is 7.11 Å². The van der Waals surface area contributed by atoms with Crippen molar-refractivity contribution < 1.29 is 4.74 Å². The largest absolute Gasteiger partial charge is 0.497 e. The molecular formula is C14H24N2OS. The molecule has 4 heteroatoms. The molecule has 0 saturated heterocycles. The van der Waals surface area contributed by atoms with Gasteiger partial charge in [0, 0.05) is 11.8 Å². The molecule has 3 N–H and O–H groups in total. The van der Waals surface area contributed by atoms with E-state index in [1.165, 1.54) is 5.56 Å². The highest BCUT2D eigenvalue weighted by Crippen LogP contribution is 2.16. The molecule has 1 atom stereocenters. The molecule has 0 aliphatic heterocycles. The lowest BCUT2D eigenvalue weighted by atomic mass is 10.1. The summed E-state index contributed by atoms with van der Waals surface area (Å²) in [4.78, 5) is 0. The third-order valence-corrected chi connectivity index (χ3v) is 4.07. The molecule has 0 aliphatic rings. The third kappa shape index (κ3) is 5.76. The maximum Gasteiger partial charge on any atom is 0.118 e. The first-order valence-electron chi connectivity index (χ1n) is 6.36. The molecule has 0 spiro atoms. The van der Waals surface area contributed by atoms with E-state index in [0.29, 0.717) is 11.3 Å². The fourth-order valence-corrected chi connectivity index (χ4v) is 2.54. The molecule has 0 aliphatic carbocycles. The Hall–Kier alpha value is -0.710. The van der Waals surface area contributed by atoms with Crippen molar-refractivity contribution in [2.24, 2.45) is 5.84 Å². The summed E-state index contributed by atoms with van der Waals surface area (Å²) in [5, 5.41) is 0.654. The van der Waals surface area contributed by atoms with Crippen LogP contribution in [-0.4, -0.2) is 24.2 Å². The van der Waals surface area contributed by atoms with Crippen LogP contribution in [0, 0.1) is 0 Å². The topological polar surface area (TPSA) is 47.3 Å². The monoisotopic (exact) mass is 268 g/mol. The van der Waals surface area contributed by atoms with Crippen molar-refractivity contribution in [2.45, 2.75) is 38.0 Å². The van der Waals surface area contributed by atoms with Gasteiger partial charge in [0.1, 0.15) is 5.75 Å². The molecule has 0 amide bonds. The van der Waals surface area contributed by atoms with Crippen LogP contribution in [0.3, 0.4) is 0 Å². The van der Waals surface area contributed by atoms with E-state index >= 15 is 0 Å². The van der Waals surface area contributed by atoms with Crippen molar-refractivity contribution >= 4 is 11.8 Å². The zero-order valence-corrected chi connectivity index (χ0v) is 12.3. The van der Waals surface area contributed by atoms with Gasteiger partial charge >= 0.3 is 0 Å². The van der Waals surface area contributed by atoms with Crippen molar-refractivity contribution in [1.29, 1.82) is 0 Å². The van der Waals surface area contributed by atoms with Gasteiger partial charge in [-0.1, -0.05) is 26.0 Å². The van der Waals surface area contributed by atoms with Crippen molar-refractivity contribution in [2.75, 3.05) is 12.9 Å². The first kappa shape index (κ1) is 15.3. The minimum atomic E-state index is 0.375. The van der Waals surface area contributed by atoms with Crippen LogP contribution in [0.5, 0.6) is 5.75 Å². The Kier molecular flexibility index (Phi) is 7.16. The maximum absolute atomic E-state index is 5.59. The number of hydrogen-bond acceptors (Lipinski definition) is 4. The summed E-state index contributed by atoms with van der Waals surface area (Å²) in [7, 11) is 1.69. The Morgan fingerprint density at radius 3 is 2.44 bits per heavy atom. The van der Waals surface area contributed by atoms with Crippen LogP contribution in [-0.2, 0) is 6.42 Å². The number of aryl methyl sites for hydroxylation is 1. The molecule has 0 fully saturated rings. The van der Waals surface area contributed by atoms with Crippen LogP contribution in [0.1, 0.15) is 25.8 Å². The quantitative estimate of drug-likeness (QED) is 0.562. The molecular weight excluding hydrogens is 244 g/mol. The average molecular weight is 268 g/mol. The van der Waals surface area contributed by atoms with E-state index in [1.807, 2.05) is 23.9 Å². The van der Waals surface area contributed by atoms with Gasteiger partial charge in [0.15, 0.2) is 0 Å². The predicted octanol–water partition coefficient (Wildman–Crippen LogP) is 2.60. The van der Waals surface area contributed by atoms with Crippen LogP contribution >= 0.6 is 11.8 Å². The van der Waals surface area contributed by atoms with Gasteiger partial charge in [0.25, 0.3) is 0 Å². The molecule has 1 aromatic rings. The van der Waals surface area contributed by atoms with Crippen molar-refractivity contribution in [3.05, 3.63) is 29.8 Å². The van der Waals surface area contributed by atoms with Gasteiger partial charge in [-0.3, -0.25) is 11.3 Å². The summed E-state index contributed by atoms with van der Waals surface area (Å²) in [6, 6.07) is 8.61. The zero-order valence-electron chi connectivity index (χ0n) is 11.5. The Bertz CT molecular complexity index is 327. The maximum atomic E-state index is 5.59. The highest BCUT2D eigenvalue weighted by Gasteiger charge is 2.08. The number of hydrogen-bond donors (Lipinski definition) is 2. The van der Waals surface area contributed by atoms with Crippen LogP contribution in [0.15, 0.2) is 24.3 Å². The summed E-state index contributed by atoms with van der Waals surface area (Å²) in [5.74, 6) is 7.55. The molecule has 102 valence electrons. The number of nitrogens with two attached hydrogens (primary N) is 1. The SMILES string of the molecule is COc1ccc(CCC(CSC(C)C)NN)cc1. The minimum absolute atomic E-state index is 0.375. The Morgan fingerprint density at radius 1 is 1.28 bits per heavy atom. The van der Waals surface area contributed by atoms with Gasteiger partial charge in [-0.05, 0) is 35.8 Å². The fourth-order valence-electron chi connectivity index (χ4n) is 1.66. The van der Waals surface area contributed by atoms with E-state index in [0.717, 1.165) is 24.3 Å². The molecule has 1 unspecified atom stereocenters. The zero-order chi connectivity index (χ0) is 13.4. The van der Waals surface area contributed by atoms with Gasteiger partial charge in [-0.15, -0.1) is 0 Å². The summed E-state index contributed by atoms with van der Waals surface area (Å²) < 4.78 is 5.15. The van der Waals surface area contributed by atoms with E-state index in [4.69, 9.17) is 10.6 Å². The lowest BCUT2D eigenvalue weighted by Crippen LogP contribution is -2.37. The highest BCUT2D eigenvalue weighted by atomic mass is 32.2. The molecule has 18 heavy (non-hydrogen) atoms. The normalized spacial score (nSPS) is 12.7. The molecule has 0 aromatic heterocycles. The van der Waals surface area contributed by atoms with Crippen LogP contribution in [0.4, 0.5) is 0 Å². The summed E-state index contributed by atoms with van der Waals surface area (Å²) in [6.07, 6.45) is 2.10. The number of nitrogens with one attached hydrogen (secondary N) is 1. The smallest absolute Gasteiger partial charge is 0.118 e. The number of benzene rings is 1. The minimum Gasteiger partial charge on any atom is -0.497 e. The molecule has 1 aromatic carbocycles. The second-order valence-electron chi connectivity index (χ2n) is 4.63. The number of rotatable bonds is 8. The third-order valence-electron chi connectivity index (χ3n) is 2.81. The predicted molar refractivity (Wildman–Crippen MR) is 80.0 cm³/mol. The lowest BCUT2D eigenvalue weighted by molar-refractivity contribution is 0.414. The standard InChI is InChI=1S/C14H24N2OS/c1-11(2)18-10-13(16-15)7-4-12-5-8-14(17-3)9-6-12/h5-6,8-9,11,13,16H,4,7,10,15H2,1-3H3. The first-order valence-corrected chi connectivity index (χ1v) is 7.41. The number of ether oxygens (including phenoxy) is 1. The Balaban J connectivity index is 2.36. The van der Waals surface area contributed by atoms with Gasteiger partial charge in [-0.2, -0.15) is 11.8 Å². The highest BCUT2D eigenvalue weighted by molar-refractivity contribution is 7.99. The van der Waals surface area contributed by atoms with Gasteiger partial charge in [0.2, 0.25) is 0 Å². The second-order valence-corrected chi connectivity index (χ2v) is 6.24. The number of methoxy groups -OCH3 is 1. The summed E-state index contributed by atoms with van der Waals surface area (Å²) in [5.41, 5.74) is 4.23. The van der Waals surface area contributed by atoms with E-state index in [-0.39, 0.29) is 0 Å². The summed E-state index contributed by atoms with van der Waals surface area (Å²) >= 11 is 1.94. The fraction of sp³-hybridized carbons (Fsp3) is 0.571. The second kappa shape index (κ2) is 8.40. The molecule has 0 radical (unpaired) electrons. The van der Waals surface area contributed by atoms with E-state index in [9.17, 15) is 0 Å².